The zero-order valence-electron chi connectivity index (χ0n) is 11.2. The first-order valence-electron chi connectivity index (χ1n) is 6.45. The van der Waals surface area contributed by atoms with Crippen molar-refractivity contribution in [1.82, 2.24) is 19.8 Å². The SMILES string of the molecule is CCCc1nnc2sc(NC(=O)c3cccc(F)c3)nn12. The smallest absolute Gasteiger partial charge is 0.257 e. The van der Waals surface area contributed by atoms with Gasteiger partial charge in [-0.15, -0.1) is 15.3 Å². The third kappa shape index (κ3) is 2.75. The summed E-state index contributed by atoms with van der Waals surface area (Å²) in [6.45, 7) is 2.04. The number of nitrogens with one attached hydrogen (secondary N) is 1. The molecule has 2 heterocycles. The van der Waals surface area contributed by atoms with E-state index in [4.69, 9.17) is 0 Å². The van der Waals surface area contributed by atoms with Crippen LogP contribution in [0.5, 0.6) is 0 Å². The molecule has 0 unspecified atom stereocenters. The minimum Gasteiger partial charge on any atom is -0.296 e. The molecule has 1 amide bonds. The summed E-state index contributed by atoms with van der Waals surface area (Å²) in [5, 5.41) is 15.4. The molecule has 6 nitrogen and oxygen atoms in total. The number of hydrogen-bond acceptors (Lipinski definition) is 5. The van der Waals surface area contributed by atoms with Gasteiger partial charge in [-0.1, -0.05) is 24.3 Å². The van der Waals surface area contributed by atoms with Gasteiger partial charge in [0.2, 0.25) is 10.1 Å². The van der Waals surface area contributed by atoms with E-state index >= 15 is 0 Å². The van der Waals surface area contributed by atoms with Crippen LogP contribution in [0.25, 0.3) is 4.96 Å². The number of benzene rings is 1. The maximum Gasteiger partial charge on any atom is 0.257 e. The van der Waals surface area contributed by atoms with E-state index in [1.54, 1.807) is 10.6 Å². The molecular weight excluding hydrogens is 293 g/mol. The van der Waals surface area contributed by atoms with Gasteiger partial charge in [0, 0.05) is 12.0 Å². The van der Waals surface area contributed by atoms with E-state index in [-0.39, 0.29) is 5.56 Å². The number of aryl methyl sites for hydroxylation is 1. The van der Waals surface area contributed by atoms with Crippen molar-refractivity contribution >= 4 is 27.3 Å². The molecule has 0 bridgehead atoms. The van der Waals surface area contributed by atoms with Crippen LogP contribution in [-0.2, 0) is 6.42 Å². The highest BCUT2D eigenvalue weighted by atomic mass is 32.1. The Balaban J connectivity index is 1.83. The molecule has 0 spiro atoms. The number of anilines is 1. The molecule has 2 aromatic heterocycles. The Morgan fingerprint density at radius 3 is 3.05 bits per heavy atom. The molecule has 0 aliphatic carbocycles. The lowest BCUT2D eigenvalue weighted by atomic mass is 10.2. The van der Waals surface area contributed by atoms with Crippen LogP contribution < -0.4 is 5.32 Å². The molecular formula is C13H12FN5OS. The van der Waals surface area contributed by atoms with Crippen molar-refractivity contribution in [1.29, 1.82) is 0 Å². The second-order valence-corrected chi connectivity index (χ2v) is 5.39. The third-order valence-corrected chi connectivity index (χ3v) is 3.65. The highest BCUT2D eigenvalue weighted by Gasteiger charge is 2.14. The number of aromatic nitrogens is 4. The minimum atomic E-state index is -0.453. The quantitative estimate of drug-likeness (QED) is 0.804. The number of amides is 1. The summed E-state index contributed by atoms with van der Waals surface area (Å²) in [6, 6.07) is 5.50. The maximum absolute atomic E-state index is 13.1. The van der Waals surface area contributed by atoms with Gasteiger partial charge in [0.05, 0.1) is 0 Å². The Morgan fingerprint density at radius 2 is 2.29 bits per heavy atom. The number of carbonyl (C=O) groups excluding carboxylic acids is 1. The van der Waals surface area contributed by atoms with Gasteiger partial charge in [-0.05, 0) is 24.6 Å². The van der Waals surface area contributed by atoms with Crippen molar-refractivity contribution in [3.05, 3.63) is 41.5 Å². The normalized spacial score (nSPS) is 11.0. The van der Waals surface area contributed by atoms with E-state index in [1.807, 2.05) is 6.92 Å². The number of carbonyl (C=O) groups is 1. The Hall–Kier alpha value is -2.35. The summed E-state index contributed by atoms with van der Waals surface area (Å²) in [5.41, 5.74) is 0.245. The predicted octanol–water partition coefficient (Wildman–Crippen LogP) is 2.53. The first kappa shape index (κ1) is 13.6. The molecule has 0 aliphatic rings. The van der Waals surface area contributed by atoms with Crippen molar-refractivity contribution in [2.45, 2.75) is 19.8 Å². The van der Waals surface area contributed by atoms with E-state index in [0.29, 0.717) is 10.1 Å². The van der Waals surface area contributed by atoms with E-state index in [1.165, 1.54) is 29.5 Å². The topological polar surface area (TPSA) is 72.2 Å². The summed E-state index contributed by atoms with van der Waals surface area (Å²) >= 11 is 1.22. The molecule has 0 atom stereocenters. The fourth-order valence-electron chi connectivity index (χ4n) is 1.89. The van der Waals surface area contributed by atoms with Crippen LogP contribution in [0.1, 0.15) is 29.5 Å². The van der Waals surface area contributed by atoms with Gasteiger partial charge in [0.15, 0.2) is 5.82 Å². The lowest BCUT2D eigenvalue weighted by Crippen LogP contribution is -2.12. The highest BCUT2D eigenvalue weighted by Crippen LogP contribution is 2.20. The Kier molecular flexibility index (Phi) is 3.61. The Labute approximate surface area is 123 Å². The molecule has 3 rings (SSSR count). The molecule has 0 aliphatic heterocycles. The predicted molar refractivity (Wildman–Crippen MR) is 77.0 cm³/mol. The van der Waals surface area contributed by atoms with Gasteiger partial charge in [-0.2, -0.15) is 4.52 Å². The summed E-state index contributed by atoms with van der Waals surface area (Å²) < 4.78 is 14.7. The van der Waals surface area contributed by atoms with E-state index in [2.05, 4.69) is 20.6 Å². The number of rotatable bonds is 4. The molecule has 3 aromatic rings. The van der Waals surface area contributed by atoms with Gasteiger partial charge < -0.3 is 0 Å². The third-order valence-electron chi connectivity index (χ3n) is 2.84. The maximum atomic E-state index is 13.1. The molecule has 8 heteroatoms. The van der Waals surface area contributed by atoms with Crippen LogP contribution in [0.2, 0.25) is 0 Å². The van der Waals surface area contributed by atoms with E-state index < -0.39 is 11.7 Å². The molecule has 0 fully saturated rings. The van der Waals surface area contributed by atoms with Crippen LogP contribution in [0.3, 0.4) is 0 Å². The van der Waals surface area contributed by atoms with Gasteiger partial charge in [-0.3, -0.25) is 10.1 Å². The molecule has 21 heavy (non-hydrogen) atoms. The molecule has 108 valence electrons. The summed E-state index contributed by atoms with van der Waals surface area (Å²) in [4.78, 5) is 12.6. The average Bonchev–Trinajstić information content (AvgIpc) is 3.01. The lowest BCUT2D eigenvalue weighted by Gasteiger charge is -2.00. The zero-order chi connectivity index (χ0) is 14.8. The molecule has 1 N–H and O–H groups in total. The summed E-state index contributed by atoms with van der Waals surface area (Å²) in [6.07, 6.45) is 1.70. The van der Waals surface area contributed by atoms with E-state index in [0.717, 1.165) is 18.7 Å². The van der Waals surface area contributed by atoms with Gasteiger partial charge in [0.1, 0.15) is 5.82 Å². The Bertz CT molecular complexity index is 797. The largest absolute Gasteiger partial charge is 0.296 e. The van der Waals surface area contributed by atoms with Gasteiger partial charge >= 0.3 is 0 Å². The molecule has 0 radical (unpaired) electrons. The van der Waals surface area contributed by atoms with Gasteiger partial charge in [-0.25, -0.2) is 4.39 Å². The fraction of sp³-hybridized carbons (Fsp3) is 0.231. The zero-order valence-corrected chi connectivity index (χ0v) is 12.0. The molecule has 0 saturated carbocycles. The second-order valence-electron chi connectivity index (χ2n) is 4.43. The molecule has 0 saturated heterocycles. The lowest BCUT2D eigenvalue weighted by molar-refractivity contribution is 0.102. The molecule has 1 aromatic carbocycles. The van der Waals surface area contributed by atoms with Crippen LogP contribution >= 0.6 is 11.3 Å². The number of fused-ring (bicyclic) bond motifs is 1. The van der Waals surface area contributed by atoms with E-state index in [9.17, 15) is 9.18 Å². The number of hydrogen-bond donors (Lipinski definition) is 1. The average molecular weight is 305 g/mol. The van der Waals surface area contributed by atoms with Crippen LogP contribution in [-0.4, -0.2) is 25.7 Å². The first-order chi connectivity index (χ1) is 10.2. The van der Waals surface area contributed by atoms with Crippen LogP contribution in [0, 0.1) is 5.82 Å². The second kappa shape index (κ2) is 5.57. The van der Waals surface area contributed by atoms with Gasteiger partial charge in [0.25, 0.3) is 5.91 Å². The highest BCUT2D eigenvalue weighted by molar-refractivity contribution is 7.20. The van der Waals surface area contributed by atoms with Crippen molar-refractivity contribution < 1.29 is 9.18 Å². The fourth-order valence-corrected chi connectivity index (χ4v) is 2.64. The van der Waals surface area contributed by atoms with Crippen LogP contribution in [0.15, 0.2) is 24.3 Å². The number of nitrogens with zero attached hydrogens (tertiary/aromatic N) is 4. The van der Waals surface area contributed by atoms with Crippen molar-refractivity contribution in [3.63, 3.8) is 0 Å². The van der Waals surface area contributed by atoms with Crippen LogP contribution in [0.4, 0.5) is 9.52 Å². The van der Waals surface area contributed by atoms with Crippen molar-refractivity contribution in [2.24, 2.45) is 0 Å². The monoisotopic (exact) mass is 305 g/mol. The Morgan fingerprint density at radius 1 is 1.43 bits per heavy atom. The minimum absolute atomic E-state index is 0.245. The van der Waals surface area contributed by atoms with Crippen molar-refractivity contribution in [2.75, 3.05) is 5.32 Å². The van der Waals surface area contributed by atoms with Crippen molar-refractivity contribution in [3.8, 4) is 0 Å². The summed E-state index contributed by atoms with van der Waals surface area (Å²) in [5.74, 6) is -0.0995. The standard InChI is InChI=1S/C13H12FN5OS/c1-2-4-10-16-17-13-19(10)18-12(21-13)15-11(20)8-5-3-6-9(14)7-8/h3,5-7H,2,4H2,1H3,(H,15,18,20). The first-order valence-corrected chi connectivity index (χ1v) is 7.27. The number of halogens is 1. The summed E-state index contributed by atoms with van der Waals surface area (Å²) in [7, 11) is 0.